The predicted octanol–water partition coefficient (Wildman–Crippen LogP) is 3.70. The lowest BCUT2D eigenvalue weighted by Crippen LogP contribution is -2.08. The number of phenols is 1. The molecule has 0 aliphatic heterocycles. The van der Waals surface area contributed by atoms with E-state index in [-0.39, 0.29) is 11.9 Å². The van der Waals surface area contributed by atoms with Gasteiger partial charge in [0, 0.05) is 0 Å². The second kappa shape index (κ2) is 5.86. The van der Waals surface area contributed by atoms with Crippen molar-refractivity contribution in [3.8, 4) is 5.75 Å². The summed E-state index contributed by atoms with van der Waals surface area (Å²) in [5, 5.41) is 9.65. The van der Waals surface area contributed by atoms with Crippen LogP contribution in [0.15, 0.2) is 12.1 Å². The van der Waals surface area contributed by atoms with Gasteiger partial charge >= 0.3 is 5.97 Å². The fourth-order valence-corrected chi connectivity index (χ4v) is 3.40. The van der Waals surface area contributed by atoms with Crippen molar-refractivity contribution in [2.24, 2.45) is 11.8 Å². The summed E-state index contributed by atoms with van der Waals surface area (Å²) in [5.74, 6) is 1.28. The van der Waals surface area contributed by atoms with E-state index in [4.69, 9.17) is 4.74 Å². The monoisotopic (exact) mass is 276 g/mol. The average Bonchev–Trinajstić information content (AvgIpc) is 3.14. The summed E-state index contributed by atoms with van der Waals surface area (Å²) in [6.07, 6.45) is 3.04. The number of carbonyl (C=O) groups is 1. The molecule has 0 heterocycles. The summed E-state index contributed by atoms with van der Waals surface area (Å²) < 4.78 is 4.82. The van der Waals surface area contributed by atoms with Crippen LogP contribution in [0.3, 0.4) is 0 Å². The highest BCUT2D eigenvalue weighted by atomic mass is 16.5. The van der Waals surface area contributed by atoms with Gasteiger partial charge in [-0.05, 0) is 73.8 Å². The standard InChI is InChI=1S/C17H24O3/c1-5-12(8-13-9-15(13)17(19)20-4)16-10(2)6-14(18)7-11(16)3/h6-7,12-13,15,18H,5,8-9H2,1-4H3. The van der Waals surface area contributed by atoms with Crippen molar-refractivity contribution >= 4 is 5.97 Å². The van der Waals surface area contributed by atoms with Crippen LogP contribution in [-0.4, -0.2) is 18.2 Å². The Morgan fingerprint density at radius 3 is 2.50 bits per heavy atom. The van der Waals surface area contributed by atoms with Gasteiger partial charge in [0.15, 0.2) is 0 Å². The lowest BCUT2D eigenvalue weighted by atomic mass is 9.85. The van der Waals surface area contributed by atoms with Crippen LogP contribution in [0.1, 0.15) is 48.8 Å². The van der Waals surface area contributed by atoms with Gasteiger partial charge in [-0.2, -0.15) is 0 Å². The van der Waals surface area contributed by atoms with Crippen molar-refractivity contribution in [1.29, 1.82) is 0 Å². The zero-order valence-corrected chi connectivity index (χ0v) is 12.8. The second-order valence-corrected chi connectivity index (χ2v) is 5.96. The third-order valence-electron chi connectivity index (χ3n) is 4.49. The van der Waals surface area contributed by atoms with Gasteiger partial charge in [-0.25, -0.2) is 0 Å². The van der Waals surface area contributed by atoms with Gasteiger partial charge in [0.05, 0.1) is 13.0 Å². The smallest absolute Gasteiger partial charge is 0.308 e. The number of aromatic hydroxyl groups is 1. The first-order chi connectivity index (χ1) is 9.47. The van der Waals surface area contributed by atoms with Crippen LogP contribution in [0.25, 0.3) is 0 Å². The maximum atomic E-state index is 11.5. The quantitative estimate of drug-likeness (QED) is 0.834. The summed E-state index contributed by atoms with van der Waals surface area (Å²) in [6.45, 7) is 6.29. The van der Waals surface area contributed by atoms with Crippen molar-refractivity contribution in [1.82, 2.24) is 0 Å². The third-order valence-corrected chi connectivity index (χ3v) is 4.49. The molecule has 0 radical (unpaired) electrons. The highest BCUT2D eigenvalue weighted by Crippen LogP contribution is 2.47. The second-order valence-electron chi connectivity index (χ2n) is 5.96. The fourth-order valence-electron chi connectivity index (χ4n) is 3.40. The van der Waals surface area contributed by atoms with Crippen LogP contribution in [0.4, 0.5) is 0 Å². The molecule has 110 valence electrons. The van der Waals surface area contributed by atoms with Crippen molar-refractivity contribution < 1.29 is 14.6 Å². The summed E-state index contributed by atoms with van der Waals surface area (Å²) in [4.78, 5) is 11.5. The Labute approximate surface area is 121 Å². The molecule has 3 heteroatoms. The lowest BCUT2D eigenvalue weighted by molar-refractivity contribution is -0.142. The number of hydrogen-bond acceptors (Lipinski definition) is 3. The molecule has 0 spiro atoms. The largest absolute Gasteiger partial charge is 0.508 e. The average molecular weight is 276 g/mol. The van der Waals surface area contributed by atoms with Gasteiger partial charge < -0.3 is 9.84 Å². The SMILES string of the molecule is CCC(CC1CC1C(=O)OC)c1c(C)cc(O)cc1C. The van der Waals surface area contributed by atoms with E-state index in [0.29, 0.717) is 17.6 Å². The molecule has 1 N–H and O–H groups in total. The molecule has 1 aliphatic rings. The normalized spacial score (nSPS) is 22.4. The van der Waals surface area contributed by atoms with Crippen LogP contribution >= 0.6 is 0 Å². The van der Waals surface area contributed by atoms with E-state index in [2.05, 4.69) is 20.8 Å². The maximum absolute atomic E-state index is 11.5. The van der Waals surface area contributed by atoms with Crippen LogP contribution < -0.4 is 0 Å². The number of benzene rings is 1. The number of esters is 1. The lowest BCUT2D eigenvalue weighted by Gasteiger charge is -2.20. The minimum atomic E-state index is -0.0657. The molecule has 2 rings (SSSR count). The molecule has 1 aliphatic carbocycles. The minimum Gasteiger partial charge on any atom is -0.508 e. The van der Waals surface area contributed by atoms with E-state index < -0.39 is 0 Å². The van der Waals surface area contributed by atoms with Gasteiger partial charge in [-0.1, -0.05) is 6.92 Å². The Kier molecular flexibility index (Phi) is 4.36. The number of phenolic OH excluding ortho intramolecular Hbond substituents is 1. The van der Waals surface area contributed by atoms with E-state index >= 15 is 0 Å². The van der Waals surface area contributed by atoms with Gasteiger partial charge in [0.25, 0.3) is 0 Å². The van der Waals surface area contributed by atoms with Gasteiger partial charge in [0.1, 0.15) is 5.75 Å². The topological polar surface area (TPSA) is 46.5 Å². The molecule has 20 heavy (non-hydrogen) atoms. The van der Waals surface area contributed by atoms with Crippen molar-refractivity contribution in [2.45, 2.75) is 46.0 Å². The number of methoxy groups -OCH3 is 1. The van der Waals surface area contributed by atoms with E-state index in [1.165, 1.54) is 12.7 Å². The molecule has 3 nitrogen and oxygen atoms in total. The molecule has 3 unspecified atom stereocenters. The Morgan fingerprint density at radius 2 is 2.00 bits per heavy atom. The molecule has 1 aromatic carbocycles. The highest BCUT2D eigenvalue weighted by Gasteiger charge is 2.44. The number of hydrogen-bond donors (Lipinski definition) is 1. The molecule has 0 aromatic heterocycles. The first-order valence-electron chi connectivity index (χ1n) is 7.35. The molecule has 0 amide bonds. The van der Waals surface area contributed by atoms with E-state index in [1.54, 1.807) is 0 Å². The highest BCUT2D eigenvalue weighted by molar-refractivity contribution is 5.75. The summed E-state index contributed by atoms with van der Waals surface area (Å²) >= 11 is 0. The molecule has 1 fully saturated rings. The van der Waals surface area contributed by atoms with E-state index in [9.17, 15) is 9.90 Å². The molecule has 1 saturated carbocycles. The van der Waals surface area contributed by atoms with Crippen molar-refractivity contribution in [3.05, 3.63) is 28.8 Å². The minimum absolute atomic E-state index is 0.0657. The fraction of sp³-hybridized carbons (Fsp3) is 0.588. The first-order valence-corrected chi connectivity index (χ1v) is 7.35. The molecular weight excluding hydrogens is 252 g/mol. The van der Waals surface area contributed by atoms with Crippen LogP contribution in [0.2, 0.25) is 0 Å². The summed E-state index contributed by atoms with van der Waals surface area (Å²) in [6, 6.07) is 3.66. The predicted molar refractivity (Wildman–Crippen MR) is 78.8 cm³/mol. The van der Waals surface area contributed by atoms with E-state index in [0.717, 1.165) is 30.4 Å². The Morgan fingerprint density at radius 1 is 1.40 bits per heavy atom. The third kappa shape index (κ3) is 2.97. The van der Waals surface area contributed by atoms with Crippen LogP contribution in [0.5, 0.6) is 5.75 Å². The van der Waals surface area contributed by atoms with Gasteiger partial charge in [-0.15, -0.1) is 0 Å². The van der Waals surface area contributed by atoms with Crippen LogP contribution in [0, 0.1) is 25.7 Å². The molecule has 1 aromatic rings. The number of aryl methyl sites for hydroxylation is 2. The van der Waals surface area contributed by atoms with E-state index in [1.807, 2.05) is 12.1 Å². The Hall–Kier alpha value is -1.51. The molecule has 3 atom stereocenters. The molecular formula is C17H24O3. The van der Waals surface area contributed by atoms with Gasteiger partial charge in [0.2, 0.25) is 0 Å². The molecule has 0 bridgehead atoms. The maximum Gasteiger partial charge on any atom is 0.308 e. The summed E-state index contributed by atoms with van der Waals surface area (Å²) in [7, 11) is 1.46. The molecule has 0 saturated heterocycles. The first kappa shape index (κ1) is 14.9. The van der Waals surface area contributed by atoms with Gasteiger partial charge in [-0.3, -0.25) is 4.79 Å². The summed E-state index contributed by atoms with van der Waals surface area (Å²) in [5.41, 5.74) is 3.62. The number of carbonyl (C=O) groups excluding carboxylic acids is 1. The Balaban J connectivity index is 2.12. The number of rotatable bonds is 5. The number of ether oxygens (including phenoxy) is 1. The van der Waals surface area contributed by atoms with Crippen molar-refractivity contribution in [2.75, 3.05) is 7.11 Å². The zero-order chi connectivity index (χ0) is 14.9. The zero-order valence-electron chi connectivity index (χ0n) is 12.8. The Bertz CT molecular complexity index is 484. The van der Waals surface area contributed by atoms with Crippen molar-refractivity contribution in [3.63, 3.8) is 0 Å². The van der Waals surface area contributed by atoms with Crippen LogP contribution in [-0.2, 0) is 9.53 Å².